The van der Waals surface area contributed by atoms with Crippen LogP contribution in [0.25, 0.3) is 0 Å². The van der Waals surface area contributed by atoms with Crippen molar-refractivity contribution in [3.63, 3.8) is 0 Å². The Hall–Kier alpha value is -4.84. The molecule has 1 aromatic heterocycles. The molecule has 15 nitrogen and oxygen atoms in total. The number of oxime groups is 1. The van der Waals surface area contributed by atoms with Gasteiger partial charge in [-0.3, -0.25) is 14.5 Å². The summed E-state index contributed by atoms with van der Waals surface area (Å²) in [5, 5.41) is 46.7. The molecule has 2 aliphatic heterocycles. The zero-order chi connectivity index (χ0) is 39.7. The molecule has 0 spiro atoms. The van der Waals surface area contributed by atoms with Crippen LogP contribution in [0.2, 0.25) is 5.02 Å². The van der Waals surface area contributed by atoms with Gasteiger partial charge in [0.1, 0.15) is 35.9 Å². The van der Waals surface area contributed by atoms with E-state index in [1.54, 1.807) is 6.07 Å². The van der Waals surface area contributed by atoms with Gasteiger partial charge < -0.3 is 40.8 Å². The number of phenolic OH excluding ortho intramolecular Hbond substituents is 2. The van der Waals surface area contributed by atoms with Crippen LogP contribution in [0.4, 0.5) is 5.13 Å². The topological polar surface area (TPSA) is 225 Å². The normalized spacial score (nSPS) is 18.1. The molecule has 54 heavy (non-hydrogen) atoms. The first kappa shape index (κ1) is 40.3. The summed E-state index contributed by atoms with van der Waals surface area (Å²) in [6.07, 6.45) is 1.11. The summed E-state index contributed by atoms with van der Waals surface area (Å²) in [4.78, 5) is 61.2. The first-order chi connectivity index (χ1) is 25.3. The Morgan fingerprint density at radius 3 is 2.39 bits per heavy atom. The summed E-state index contributed by atoms with van der Waals surface area (Å²) in [6, 6.07) is 10.2. The first-order valence-corrected chi connectivity index (χ1v) is 19.1. The van der Waals surface area contributed by atoms with Crippen molar-refractivity contribution in [2.45, 2.75) is 63.7 Å². The summed E-state index contributed by atoms with van der Waals surface area (Å²) in [6.45, 7) is 5.72. The van der Waals surface area contributed by atoms with Gasteiger partial charge in [0.2, 0.25) is 5.60 Å². The van der Waals surface area contributed by atoms with Crippen molar-refractivity contribution in [3.8, 4) is 11.5 Å². The van der Waals surface area contributed by atoms with Gasteiger partial charge in [0.15, 0.2) is 22.3 Å². The molecule has 7 N–H and O–H groups in total. The highest BCUT2D eigenvalue weighted by molar-refractivity contribution is 8.00. The molecule has 2 amide bonds. The molecule has 1 saturated heterocycles. The number of aromatic nitrogens is 1. The number of rotatable bonds is 15. The van der Waals surface area contributed by atoms with Crippen LogP contribution in [-0.2, 0) is 43.5 Å². The highest BCUT2D eigenvalue weighted by atomic mass is 35.5. The number of nitrogens with one attached hydrogen (secondary N) is 1. The summed E-state index contributed by atoms with van der Waals surface area (Å²) >= 11 is 8.63. The van der Waals surface area contributed by atoms with Crippen molar-refractivity contribution >= 4 is 69.3 Å². The van der Waals surface area contributed by atoms with Gasteiger partial charge in [-0.25, -0.2) is 14.6 Å². The number of amides is 2. The third-order valence-electron chi connectivity index (χ3n) is 8.98. The molecule has 18 heteroatoms. The molecule has 0 saturated carbocycles. The lowest BCUT2D eigenvalue weighted by Gasteiger charge is -2.49. The Morgan fingerprint density at radius 2 is 1.78 bits per heavy atom. The van der Waals surface area contributed by atoms with Gasteiger partial charge in [0.05, 0.1) is 19.1 Å². The number of hydrogen-bond donors (Lipinski definition) is 6. The summed E-state index contributed by atoms with van der Waals surface area (Å²) in [5.74, 6) is -4.25. The molecule has 3 aromatic rings. The van der Waals surface area contributed by atoms with Gasteiger partial charge in [-0.15, -0.1) is 23.1 Å². The number of quaternary nitrogens is 1. The minimum Gasteiger partial charge on any atom is -0.504 e. The van der Waals surface area contributed by atoms with Gasteiger partial charge in [-0.1, -0.05) is 47.9 Å². The number of thioether (sulfide) groups is 1. The molecule has 2 aliphatic rings. The van der Waals surface area contributed by atoms with Crippen molar-refractivity contribution in [2.75, 3.05) is 25.6 Å². The summed E-state index contributed by atoms with van der Waals surface area (Å²) < 4.78 is 0.541. The number of carbonyl (C=O) groups excluding carboxylic acids is 2. The number of hydrogen-bond acceptors (Lipinski definition) is 12. The number of nitrogens with zero attached hydrogens (tertiary/aromatic N) is 4. The number of thiazole rings is 1. The maximum atomic E-state index is 13.4. The van der Waals surface area contributed by atoms with Crippen molar-refractivity contribution in [1.82, 2.24) is 15.2 Å². The van der Waals surface area contributed by atoms with Crippen LogP contribution in [0, 0.1) is 5.92 Å². The number of fused-ring (bicyclic) bond motifs is 1. The van der Waals surface area contributed by atoms with Crippen LogP contribution in [0.1, 0.15) is 49.6 Å². The van der Waals surface area contributed by atoms with E-state index in [-0.39, 0.29) is 44.7 Å². The molecule has 5 rings (SSSR count). The van der Waals surface area contributed by atoms with Gasteiger partial charge >= 0.3 is 11.9 Å². The van der Waals surface area contributed by atoms with E-state index in [4.69, 9.17) is 22.2 Å². The fourth-order valence-electron chi connectivity index (χ4n) is 6.25. The van der Waals surface area contributed by atoms with E-state index in [1.807, 2.05) is 45.3 Å². The highest BCUT2D eigenvalue weighted by Crippen LogP contribution is 2.42. The van der Waals surface area contributed by atoms with E-state index in [2.05, 4.69) is 15.5 Å². The van der Waals surface area contributed by atoms with E-state index in [0.29, 0.717) is 41.7 Å². The number of benzene rings is 2. The van der Waals surface area contributed by atoms with Crippen molar-refractivity contribution in [3.05, 3.63) is 80.5 Å². The maximum Gasteiger partial charge on any atom is 0.352 e. The van der Waals surface area contributed by atoms with Crippen LogP contribution in [-0.4, -0.2) is 101 Å². The molecule has 0 aliphatic carbocycles. The molecule has 0 radical (unpaired) electrons. The number of phenols is 2. The highest BCUT2D eigenvalue weighted by Gasteiger charge is 2.54. The minimum atomic E-state index is -1.78. The second-order valence-electron chi connectivity index (χ2n) is 14.5. The number of aliphatic carboxylic acids is 2. The number of carboxylic acids is 2. The third-order valence-corrected chi connectivity index (χ3v) is 11.4. The number of carboxylic acid groups (broad SMARTS) is 2. The molecule has 1 unspecified atom stereocenters. The number of nitrogen functional groups attached to an aromatic ring is 1. The maximum absolute atomic E-state index is 13.4. The van der Waals surface area contributed by atoms with Crippen molar-refractivity contribution in [2.24, 2.45) is 11.1 Å². The average Bonchev–Trinajstić information content (AvgIpc) is 3.53. The molecular formula is C36H42ClN6O9S2+. The monoisotopic (exact) mass is 801 g/mol. The predicted molar refractivity (Wildman–Crippen MR) is 204 cm³/mol. The van der Waals surface area contributed by atoms with E-state index in [1.165, 1.54) is 42.0 Å². The van der Waals surface area contributed by atoms with Crippen molar-refractivity contribution < 1.29 is 48.9 Å². The van der Waals surface area contributed by atoms with Gasteiger partial charge in [-0.2, -0.15) is 0 Å². The number of halogens is 1. The Bertz CT molecular complexity index is 2030. The standard InChI is InChI=1S/C36H41ClN6O9S2/c1-18(12-19-6-8-20(9-7-19)14-43(4,5)15-21-10-11-24(44)29(45)25(21)37)13-22-16-53-32-27(31(47)42(32)28(22)33(48)49)40-30(46)26(23-17-54-35(38)39-23)41-52-36(2,3)34(50)51/h6-11,17-18,27,32H,12-16H2,1-5H3,(H6-,38,39,40,41,44,45,46,48,49,50,51)/p+1/t18?,27-,32-/m1/s1. The summed E-state index contributed by atoms with van der Waals surface area (Å²) in [7, 11) is 4.09. The van der Waals surface area contributed by atoms with Crippen LogP contribution in [0.15, 0.2) is 58.2 Å². The lowest BCUT2D eigenvalue weighted by atomic mass is 9.92. The van der Waals surface area contributed by atoms with Gasteiger partial charge in [0.25, 0.3) is 11.8 Å². The van der Waals surface area contributed by atoms with E-state index in [9.17, 15) is 39.6 Å². The molecule has 1 fully saturated rings. The minimum absolute atomic E-state index is 0.0222. The third kappa shape index (κ3) is 8.92. The lowest BCUT2D eigenvalue weighted by molar-refractivity contribution is -0.916. The Labute approximate surface area is 324 Å². The predicted octanol–water partition coefficient (Wildman–Crippen LogP) is 4.16. The van der Waals surface area contributed by atoms with Crippen molar-refractivity contribution in [1.29, 1.82) is 0 Å². The zero-order valence-electron chi connectivity index (χ0n) is 30.2. The lowest BCUT2D eigenvalue weighted by Crippen LogP contribution is -2.71. The molecule has 288 valence electrons. The van der Waals surface area contributed by atoms with Gasteiger partial charge in [0, 0.05) is 22.3 Å². The van der Waals surface area contributed by atoms with Crippen LogP contribution < -0.4 is 11.1 Å². The summed E-state index contributed by atoms with van der Waals surface area (Å²) in [5.41, 5.74) is 7.00. The number of nitrogens with two attached hydrogens (primary N) is 1. The van der Waals surface area contributed by atoms with E-state index in [0.717, 1.165) is 28.0 Å². The Morgan fingerprint density at radius 1 is 1.11 bits per heavy atom. The second-order valence-corrected chi connectivity index (χ2v) is 16.9. The second kappa shape index (κ2) is 15.9. The van der Waals surface area contributed by atoms with Crippen LogP contribution in [0.5, 0.6) is 11.5 Å². The van der Waals surface area contributed by atoms with E-state index >= 15 is 0 Å². The molecular weight excluding hydrogens is 760 g/mol. The molecule has 3 atom stereocenters. The quantitative estimate of drug-likeness (QED) is 0.0419. The Balaban J connectivity index is 1.22. The largest absolute Gasteiger partial charge is 0.504 e. The van der Waals surface area contributed by atoms with E-state index < -0.39 is 40.8 Å². The zero-order valence-corrected chi connectivity index (χ0v) is 32.6. The number of carbonyl (C=O) groups is 4. The molecule has 0 bridgehead atoms. The van der Waals surface area contributed by atoms with Gasteiger partial charge in [-0.05, 0) is 55.9 Å². The van der Waals surface area contributed by atoms with Crippen LogP contribution in [0.3, 0.4) is 0 Å². The smallest absolute Gasteiger partial charge is 0.352 e. The Kier molecular flexibility index (Phi) is 11.9. The first-order valence-electron chi connectivity index (χ1n) is 16.8. The fraction of sp³-hybridized carbons (Fsp3) is 0.389. The number of aromatic hydroxyl groups is 2. The number of anilines is 1. The molecule has 3 heterocycles. The van der Waals surface area contributed by atoms with Crippen LogP contribution >= 0.6 is 34.7 Å². The fourth-order valence-corrected chi connectivity index (χ4v) is 8.38. The average molecular weight is 802 g/mol. The SMILES string of the molecule is CC(CC1=C(C(=O)O)N2C(=O)[C@@H](NC(=O)/C(=N\OC(C)(C)C(=O)O)c3csc(N)n3)[C@H]2SC1)Cc1ccc(C[N+](C)(C)Cc2ccc(O)c(O)c2Cl)cc1. The molecule has 2 aromatic carbocycles. The number of β-lactam (4-membered cyclic amide) rings is 1.